The lowest BCUT2D eigenvalue weighted by Gasteiger charge is -2.29. The van der Waals surface area contributed by atoms with E-state index in [4.69, 9.17) is 0 Å². The van der Waals surface area contributed by atoms with Crippen LogP contribution in [0.25, 0.3) is 0 Å². The van der Waals surface area contributed by atoms with Crippen LogP contribution in [0.3, 0.4) is 0 Å². The first-order chi connectivity index (χ1) is 14.2. The van der Waals surface area contributed by atoms with Gasteiger partial charge in [0.1, 0.15) is 5.82 Å². The maximum Gasteiger partial charge on any atom is 0.126 e. The van der Waals surface area contributed by atoms with Crippen molar-refractivity contribution in [1.29, 1.82) is 0 Å². The van der Waals surface area contributed by atoms with Gasteiger partial charge in [-0.05, 0) is 79.4 Å². The summed E-state index contributed by atoms with van der Waals surface area (Å²) < 4.78 is 14.8. The van der Waals surface area contributed by atoms with Crippen LogP contribution in [-0.2, 0) is 6.42 Å². The molecule has 1 heteroatoms. The highest BCUT2D eigenvalue weighted by Crippen LogP contribution is 2.38. The molecule has 1 aromatic rings. The molecule has 0 unspecified atom stereocenters. The normalized spacial score (nSPS) is 27.8. The third kappa shape index (κ3) is 7.11. The van der Waals surface area contributed by atoms with Crippen LogP contribution in [0.5, 0.6) is 0 Å². The average molecular weight is 401 g/mol. The molecule has 0 aliphatic heterocycles. The largest absolute Gasteiger partial charge is 0.207 e. The fraction of sp³-hybridized carbons (Fsp3) is 0.786. The molecule has 164 valence electrons. The van der Waals surface area contributed by atoms with E-state index in [-0.39, 0.29) is 5.82 Å². The fourth-order valence-electron chi connectivity index (χ4n) is 6.06. The van der Waals surface area contributed by atoms with Crippen molar-refractivity contribution in [3.63, 3.8) is 0 Å². The molecule has 2 saturated carbocycles. The summed E-state index contributed by atoms with van der Waals surface area (Å²) in [5.74, 6) is 3.37. The minimum absolute atomic E-state index is 0.0615. The van der Waals surface area contributed by atoms with Gasteiger partial charge < -0.3 is 0 Å². The van der Waals surface area contributed by atoms with Crippen LogP contribution < -0.4 is 0 Å². The molecule has 0 atom stereocenters. The van der Waals surface area contributed by atoms with Crippen molar-refractivity contribution in [2.75, 3.05) is 0 Å². The molecule has 29 heavy (non-hydrogen) atoms. The molecule has 0 N–H and O–H groups in total. The highest BCUT2D eigenvalue weighted by Gasteiger charge is 2.23. The summed E-state index contributed by atoms with van der Waals surface area (Å²) in [6.07, 6.45) is 21.1. The van der Waals surface area contributed by atoms with Crippen molar-refractivity contribution in [2.24, 2.45) is 17.8 Å². The van der Waals surface area contributed by atoms with Gasteiger partial charge in [-0.1, -0.05) is 90.2 Å². The molecule has 1 aromatic carbocycles. The van der Waals surface area contributed by atoms with Crippen molar-refractivity contribution in [1.82, 2.24) is 0 Å². The molecule has 3 rings (SSSR count). The van der Waals surface area contributed by atoms with Gasteiger partial charge in [0.25, 0.3) is 0 Å². The van der Waals surface area contributed by atoms with Gasteiger partial charge in [-0.15, -0.1) is 0 Å². The van der Waals surface area contributed by atoms with Gasteiger partial charge >= 0.3 is 0 Å². The molecule has 0 saturated heterocycles. The Hall–Kier alpha value is -0.850. The Bertz CT molecular complexity index is 576. The lowest BCUT2D eigenvalue weighted by molar-refractivity contribution is 0.248. The molecule has 0 radical (unpaired) electrons. The Morgan fingerprint density at radius 2 is 1.34 bits per heavy atom. The highest BCUT2D eigenvalue weighted by molar-refractivity contribution is 5.27. The molecule has 2 aliphatic rings. The van der Waals surface area contributed by atoms with Gasteiger partial charge in [0, 0.05) is 0 Å². The van der Waals surface area contributed by atoms with E-state index >= 15 is 0 Å². The van der Waals surface area contributed by atoms with Crippen molar-refractivity contribution >= 4 is 0 Å². The Labute approximate surface area is 180 Å². The Morgan fingerprint density at radius 3 is 1.97 bits per heavy atom. The first kappa shape index (κ1) is 22.8. The van der Waals surface area contributed by atoms with E-state index in [9.17, 15) is 4.39 Å². The van der Waals surface area contributed by atoms with Crippen LogP contribution in [0.2, 0.25) is 0 Å². The SMILES string of the molecule is CCCCCC1CCC(CCc2ccc(C3CCC(CCC)CC3)cc2F)CC1. The molecule has 0 amide bonds. The van der Waals surface area contributed by atoms with Crippen LogP contribution in [0.15, 0.2) is 18.2 Å². The average Bonchev–Trinajstić information content (AvgIpc) is 2.75. The minimum atomic E-state index is 0.0615. The highest BCUT2D eigenvalue weighted by atomic mass is 19.1. The second-order valence-corrected chi connectivity index (χ2v) is 10.3. The first-order valence-corrected chi connectivity index (χ1v) is 13.0. The topological polar surface area (TPSA) is 0 Å². The molecule has 2 fully saturated rings. The lowest BCUT2D eigenvalue weighted by atomic mass is 9.76. The maximum absolute atomic E-state index is 14.8. The van der Waals surface area contributed by atoms with Crippen LogP contribution in [0, 0.1) is 23.6 Å². The van der Waals surface area contributed by atoms with E-state index in [2.05, 4.69) is 26.0 Å². The fourth-order valence-corrected chi connectivity index (χ4v) is 6.06. The summed E-state index contributed by atoms with van der Waals surface area (Å²) in [6.45, 7) is 4.58. The number of rotatable bonds is 10. The van der Waals surface area contributed by atoms with E-state index in [0.29, 0.717) is 5.92 Å². The van der Waals surface area contributed by atoms with E-state index in [1.165, 1.54) is 102 Å². The standard InChI is InChI=1S/C28H45F/c1-3-5-6-8-23-9-11-24(12-10-23)15-18-26-19-20-27(21-28(26)29)25-16-13-22(7-4-2)14-17-25/h19-25H,3-18H2,1-2H3. The van der Waals surface area contributed by atoms with Crippen molar-refractivity contribution in [3.8, 4) is 0 Å². The molecular formula is C28H45F. The zero-order chi connectivity index (χ0) is 20.5. The third-order valence-corrected chi connectivity index (χ3v) is 8.10. The molecule has 2 aliphatic carbocycles. The van der Waals surface area contributed by atoms with E-state index in [1.54, 1.807) is 0 Å². The van der Waals surface area contributed by atoms with Crippen LogP contribution >= 0.6 is 0 Å². The Morgan fingerprint density at radius 1 is 0.724 bits per heavy atom. The second kappa shape index (κ2) is 12.1. The minimum Gasteiger partial charge on any atom is -0.207 e. The summed E-state index contributed by atoms with van der Waals surface area (Å²) in [5.41, 5.74) is 2.22. The van der Waals surface area contributed by atoms with Gasteiger partial charge in [0.05, 0.1) is 0 Å². The zero-order valence-corrected chi connectivity index (χ0v) is 19.2. The monoisotopic (exact) mass is 400 g/mol. The molecular weight excluding hydrogens is 355 g/mol. The van der Waals surface area contributed by atoms with Crippen molar-refractivity contribution < 1.29 is 4.39 Å². The summed E-state index contributed by atoms with van der Waals surface area (Å²) in [6, 6.07) is 6.23. The predicted molar refractivity (Wildman–Crippen MR) is 124 cm³/mol. The second-order valence-electron chi connectivity index (χ2n) is 10.3. The van der Waals surface area contributed by atoms with Crippen LogP contribution in [0.4, 0.5) is 4.39 Å². The molecule has 0 spiro atoms. The van der Waals surface area contributed by atoms with Gasteiger partial charge in [-0.3, -0.25) is 0 Å². The van der Waals surface area contributed by atoms with E-state index in [1.807, 2.05) is 6.07 Å². The number of hydrogen-bond acceptors (Lipinski definition) is 0. The number of aryl methyl sites for hydroxylation is 1. The summed E-state index contributed by atoms with van der Waals surface area (Å²) in [7, 11) is 0. The van der Waals surface area contributed by atoms with Crippen molar-refractivity contribution in [3.05, 3.63) is 35.1 Å². The quantitative estimate of drug-likeness (QED) is 0.343. The number of benzene rings is 1. The summed E-state index contributed by atoms with van der Waals surface area (Å²) in [5, 5.41) is 0. The molecule has 0 nitrogen and oxygen atoms in total. The molecule has 0 aromatic heterocycles. The first-order valence-electron chi connectivity index (χ1n) is 13.0. The third-order valence-electron chi connectivity index (χ3n) is 8.10. The lowest BCUT2D eigenvalue weighted by Crippen LogP contribution is -2.15. The smallest absolute Gasteiger partial charge is 0.126 e. The van der Waals surface area contributed by atoms with Gasteiger partial charge in [0.2, 0.25) is 0 Å². The van der Waals surface area contributed by atoms with Gasteiger partial charge in [-0.25, -0.2) is 4.39 Å². The molecule has 0 heterocycles. The Kier molecular flexibility index (Phi) is 9.53. The zero-order valence-electron chi connectivity index (χ0n) is 19.2. The van der Waals surface area contributed by atoms with Gasteiger partial charge in [0.15, 0.2) is 0 Å². The number of unbranched alkanes of at least 4 members (excludes halogenated alkanes) is 2. The maximum atomic E-state index is 14.8. The van der Waals surface area contributed by atoms with E-state index < -0.39 is 0 Å². The summed E-state index contributed by atoms with van der Waals surface area (Å²) >= 11 is 0. The van der Waals surface area contributed by atoms with Crippen LogP contribution in [0.1, 0.15) is 127 Å². The van der Waals surface area contributed by atoms with Gasteiger partial charge in [-0.2, -0.15) is 0 Å². The van der Waals surface area contributed by atoms with E-state index in [0.717, 1.165) is 29.7 Å². The van der Waals surface area contributed by atoms with Crippen LogP contribution in [-0.4, -0.2) is 0 Å². The number of halogens is 1. The molecule has 0 bridgehead atoms. The number of hydrogen-bond donors (Lipinski definition) is 0. The predicted octanol–water partition coefficient (Wildman–Crippen LogP) is 9.22. The Balaban J connectivity index is 1.41. The van der Waals surface area contributed by atoms with Crippen molar-refractivity contribution in [2.45, 2.75) is 122 Å². The summed E-state index contributed by atoms with van der Waals surface area (Å²) in [4.78, 5) is 0.